The molecule has 2 aromatic carbocycles. The second kappa shape index (κ2) is 8.25. The maximum absolute atomic E-state index is 12.4. The average molecular weight is 366 g/mol. The van der Waals surface area contributed by atoms with Gasteiger partial charge in [-0.15, -0.1) is 11.3 Å². The van der Waals surface area contributed by atoms with Crippen LogP contribution in [-0.2, 0) is 11.3 Å². The van der Waals surface area contributed by atoms with Gasteiger partial charge in [-0.3, -0.25) is 9.69 Å². The second-order valence-corrected chi connectivity index (χ2v) is 7.54. The minimum Gasteiger partial charge on any atom is -0.325 e. The van der Waals surface area contributed by atoms with Crippen molar-refractivity contribution in [2.45, 2.75) is 20.4 Å². The van der Waals surface area contributed by atoms with Crippen LogP contribution in [0.25, 0.3) is 11.3 Å². The molecule has 26 heavy (non-hydrogen) atoms. The van der Waals surface area contributed by atoms with Gasteiger partial charge < -0.3 is 5.32 Å². The van der Waals surface area contributed by atoms with Crippen LogP contribution in [0.4, 0.5) is 5.69 Å². The molecule has 1 heterocycles. The first kappa shape index (κ1) is 18.3. The van der Waals surface area contributed by atoms with E-state index in [2.05, 4.69) is 29.4 Å². The van der Waals surface area contributed by atoms with Gasteiger partial charge in [-0.25, -0.2) is 4.98 Å². The first-order valence-electron chi connectivity index (χ1n) is 8.57. The highest BCUT2D eigenvalue weighted by molar-refractivity contribution is 7.09. The van der Waals surface area contributed by atoms with E-state index in [9.17, 15) is 4.79 Å². The SMILES string of the molecule is Cc1nc(-c2cccc(NC(=O)CN(C)Cc3ccccc3C)c2)cs1. The minimum absolute atomic E-state index is 0.0207. The van der Waals surface area contributed by atoms with Gasteiger partial charge in [0.15, 0.2) is 0 Å². The molecule has 0 unspecified atom stereocenters. The molecule has 1 aromatic heterocycles. The van der Waals surface area contributed by atoms with Crippen LogP contribution in [0, 0.1) is 13.8 Å². The van der Waals surface area contributed by atoms with Gasteiger partial charge in [0.05, 0.1) is 17.2 Å². The first-order valence-corrected chi connectivity index (χ1v) is 9.44. The smallest absolute Gasteiger partial charge is 0.238 e. The molecule has 0 saturated heterocycles. The number of nitrogens with zero attached hydrogens (tertiary/aromatic N) is 2. The van der Waals surface area contributed by atoms with E-state index in [1.165, 1.54) is 11.1 Å². The summed E-state index contributed by atoms with van der Waals surface area (Å²) in [5, 5.41) is 6.05. The number of rotatable bonds is 6. The Kier molecular flexibility index (Phi) is 5.81. The third-order valence-electron chi connectivity index (χ3n) is 4.18. The van der Waals surface area contributed by atoms with Gasteiger partial charge in [0.25, 0.3) is 0 Å². The molecule has 5 heteroatoms. The zero-order chi connectivity index (χ0) is 18.5. The van der Waals surface area contributed by atoms with Gasteiger partial charge in [0, 0.05) is 23.2 Å². The van der Waals surface area contributed by atoms with Crippen molar-refractivity contribution in [2.24, 2.45) is 0 Å². The van der Waals surface area contributed by atoms with Crippen molar-refractivity contribution in [3.63, 3.8) is 0 Å². The maximum Gasteiger partial charge on any atom is 0.238 e. The lowest BCUT2D eigenvalue weighted by Gasteiger charge is -2.17. The Hall–Kier alpha value is -2.50. The fourth-order valence-corrected chi connectivity index (χ4v) is 3.45. The molecule has 0 atom stereocenters. The molecule has 1 amide bonds. The molecule has 3 rings (SSSR count). The molecule has 0 saturated carbocycles. The lowest BCUT2D eigenvalue weighted by molar-refractivity contribution is -0.117. The quantitative estimate of drug-likeness (QED) is 0.700. The van der Waals surface area contributed by atoms with Gasteiger partial charge in [-0.2, -0.15) is 0 Å². The summed E-state index contributed by atoms with van der Waals surface area (Å²) in [7, 11) is 1.96. The molecular weight excluding hydrogens is 342 g/mol. The molecule has 0 aliphatic heterocycles. The predicted molar refractivity (Wildman–Crippen MR) is 108 cm³/mol. The summed E-state index contributed by atoms with van der Waals surface area (Å²) in [5.74, 6) is -0.0207. The molecule has 0 bridgehead atoms. The Bertz CT molecular complexity index is 904. The fourth-order valence-electron chi connectivity index (χ4n) is 2.83. The van der Waals surface area contributed by atoms with E-state index in [1.54, 1.807) is 11.3 Å². The number of aryl methyl sites for hydroxylation is 2. The van der Waals surface area contributed by atoms with Crippen molar-refractivity contribution in [3.8, 4) is 11.3 Å². The number of thiazole rings is 1. The zero-order valence-corrected chi connectivity index (χ0v) is 16.1. The molecule has 0 aliphatic rings. The van der Waals surface area contributed by atoms with Crippen molar-refractivity contribution in [1.82, 2.24) is 9.88 Å². The van der Waals surface area contributed by atoms with Crippen LogP contribution in [0.5, 0.6) is 0 Å². The number of anilines is 1. The second-order valence-electron chi connectivity index (χ2n) is 6.48. The third kappa shape index (κ3) is 4.77. The van der Waals surface area contributed by atoms with Crippen molar-refractivity contribution < 1.29 is 4.79 Å². The molecule has 0 fully saturated rings. The highest BCUT2D eigenvalue weighted by atomic mass is 32.1. The van der Waals surface area contributed by atoms with Crippen molar-refractivity contribution >= 4 is 22.9 Å². The van der Waals surface area contributed by atoms with Gasteiger partial charge >= 0.3 is 0 Å². The van der Waals surface area contributed by atoms with Crippen LogP contribution < -0.4 is 5.32 Å². The number of hydrogen-bond donors (Lipinski definition) is 1. The van der Waals surface area contributed by atoms with Crippen LogP contribution in [-0.4, -0.2) is 29.4 Å². The van der Waals surface area contributed by atoms with E-state index in [0.717, 1.165) is 28.5 Å². The van der Waals surface area contributed by atoms with Crippen LogP contribution >= 0.6 is 11.3 Å². The van der Waals surface area contributed by atoms with Crippen molar-refractivity contribution in [3.05, 3.63) is 70.0 Å². The summed E-state index contributed by atoms with van der Waals surface area (Å²) in [6, 6.07) is 16.1. The number of benzene rings is 2. The molecular formula is C21H23N3OS. The number of amides is 1. The third-order valence-corrected chi connectivity index (χ3v) is 4.95. The summed E-state index contributed by atoms with van der Waals surface area (Å²) < 4.78 is 0. The summed E-state index contributed by atoms with van der Waals surface area (Å²) in [5.41, 5.74) is 5.23. The van der Waals surface area contributed by atoms with Crippen molar-refractivity contribution in [2.75, 3.05) is 18.9 Å². The number of hydrogen-bond acceptors (Lipinski definition) is 4. The minimum atomic E-state index is -0.0207. The van der Waals surface area contributed by atoms with Gasteiger partial charge in [-0.05, 0) is 44.2 Å². The Labute approximate surface area is 158 Å². The first-order chi connectivity index (χ1) is 12.5. The van der Waals surface area contributed by atoms with Gasteiger partial charge in [-0.1, -0.05) is 36.4 Å². The number of carbonyl (C=O) groups excluding carboxylic acids is 1. The topological polar surface area (TPSA) is 45.2 Å². The summed E-state index contributed by atoms with van der Waals surface area (Å²) in [4.78, 5) is 18.9. The molecule has 1 N–H and O–H groups in total. The average Bonchev–Trinajstić information content (AvgIpc) is 3.03. The fraction of sp³-hybridized carbons (Fsp3) is 0.238. The van der Waals surface area contributed by atoms with E-state index in [0.29, 0.717) is 6.54 Å². The number of aromatic nitrogens is 1. The van der Waals surface area contributed by atoms with E-state index < -0.39 is 0 Å². The molecule has 134 valence electrons. The lowest BCUT2D eigenvalue weighted by Crippen LogP contribution is -2.30. The largest absolute Gasteiger partial charge is 0.325 e. The van der Waals surface area contributed by atoms with E-state index in [4.69, 9.17) is 0 Å². The highest BCUT2D eigenvalue weighted by Crippen LogP contribution is 2.24. The van der Waals surface area contributed by atoms with Gasteiger partial charge in [0.1, 0.15) is 0 Å². The van der Waals surface area contributed by atoms with Crippen LogP contribution in [0.1, 0.15) is 16.1 Å². The Morgan fingerprint density at radius 1 is 1.15 bits per heavy atom. The van der Waals surface area contributed by atoms with E-state index in [1.807, 2.05) is 60.6 Å². The molecule has 0 spiro atoms. The monoisotopic (exact) mass is 365 g/mol. The zero-order valence-electron chi connectivity index (χ0n) is 15.3. The number of nitrogens with one attached hydrogen (secondary N) is 1. The number of likely N-dealkylation sites (N-methyl/N-ethyl adjacent to an activating group) is 1. The van der Waals surface area contributed by atoms with Gasteiger partial charge in [0.2, 0.25) is 5.91 Å². The maximum atomic E-state index is 12.4. The summed E-state index contributed by atoms with van der Waals surface area (Å²) >= 11 is 1.62. The molecule has 3 aromatic rings. The predicted octanol–water partition coefficient (Wildman–Crippen LogP) is 4.50. The summed E-state index contributed by atoms with van der Waals surface area (Å²) in [6.07, 6.45) is 0. The standard InChI is InChI=1S/C21H23N3OS/c1-15-7-4-5-8-18(15)12-24(3)13-21(25)23-19-10-6-9-17(11-19)20-14-26-16(2)22-20/h4-11,14H,12-13H2,1-3H3,(H,23,25). The Morgan fingerprint density at radius 2 is 1.96 bits per heavy atom. The molecule has 4 nitrogen and oxygen atoms in total. The van der Waals surface area contributed by atoms with E-state index >= 15 is 0 Å². The normalized spacial score (nSPS) is 10.9. The van der Waals surface area contributed by atoms with Crippen LogP contribution in [0.15, 0.2) is 53.9 Å². The molecule has 0 radical (unpaired) electrons. The Balaban J connectivity index is 1.60. The lowest BCUT2D eigenvalue weighted by atomic mass is 10.1. The van der Waals surface area contributed by atoms with Crippen LogP contribution in [0.2, 0.25) is 0 Å². The molecule has 0 aliphatic carbocycles. The number of carbonyl (C=O) groups is 1. The van der Waals surface area contributed by atoms with E-state index in [-0.39, 0.29) is 5.91 Å². The Morgan fingerprint density at radius 3 is 2.69 bits per heavy atom. The highest BCUT2D eigenvalue weighted by Gasteiger charge is 2.10. The summed E-state index contributed by atoms with van der Waals surface area (Å²) in [6.45, 7) is 5.17. The van der Waals surface area contributed by atoms with Crippen molar-refractivity contribution in [1.29, 1.82) is 0 Å². The van der Waals surface area contributed by atoms with Crippen LogP contribution in [0.3, 0.4) is 0 Å².